The molecule has 3 heteroatoms. The largest absolute Gasteiger partial charge is 0.291 e. The second-order valence-electron chi connectivity index (χ2n) is 4.63. The Kier molecular flexibility index (Phi) is 7.37. The number of carbonyl (C=O) groups is 2. The van der Waals surface area contributed by atoms with E-state index in [0.717, 1.165) is 12.8 Å². The number of rotatable bonds is 4. The summed E-state index contributed by atoms with van der Waals surface area (Å²) in [6.07, 6.45) is 1.75. The number of Topliss-reactive ketones (excluding diaryl/α,β-unsaturated/α-hetero) is 2. The SMILES string of the molecule is CCCC(C)C(=O)C(=O)C(C)(C)C.[Ni]. The van der Waals surface area contributed by atoms with Crippen molar-refractivity contribution < 1.29 is 26.1 Å². The van der Waals surface area contributed by atoms with Crippen LogP contribution in [0, 0.1) is 11.3 Å². The number of ketones is 2. The summed E-state index contributed by atoms with van der Waals surface area (Å²) < 4.78 is 0. The van der Waals surface area contributed by atoms with Crippen LogP contribution in [-0.4, -0.2) is 11.6 Å². The molecule has 1 atom stereocenters. The van der Waals surface area contributed by atoms with E-state index in [0.29, 0.717) is 0 Å². The maximum Gasteiger partial charge on any atom is 0.203 e. The zero-order valence-electron chi connectivity index (χ0n) is 9.62. The van der Waals surface area contributed by atoms with Crippen molar-refractivity contribution in [2.45, 2.75) is 47.5 Å². The van der Waals surface area contributed by atoms with Crippen LogP contribution < -0.4 is 0 Å². The molecular weight excluding hydrogens is 223 g/mol. The van der Waals surface area contributed by atoms with Gasteiger partial charge in [0.2, 0.25) is 11.6 Å². The first-order valence-corrected chi connectivity index (χ1v) is 4.89. The molecule has 0 N–H and O–H groups in total. The summed E-state index contributed by atoms with van der Waals surface area (Å²) in [5, 5.41) is 0. The smallest absolute Gasteiger partial charge is 0.203 e. The van der Waals surface area contributed by atoms with Crippen LogP contribution in [0.1, 0.15) is 47.5 Å². The van der Waals surface area contributed by atoms with E-state index < -0.39 is 5.41 Å². The van der Waals surface area contributed by atoms with Crippen LogP contribution in [0.25, 0.3) is 0 Å². The predicted molar refractivity (Wildman–Crippen MR) is 53.5 cm³/mol. The van der Waals surface area contributed by atoms with Gasteiger partial charge in [-0.2, -0.15) is 0 Å². The Morgan fingerprint density at radius 3 is 1.93 bits per heavy atom. The quantitative estimate of drug-likeness (QED) is 0.561. The molecule has 14 heavy (non-hydrogen) atoms. The third-order valence-corrected chi connectivity index (χ3v) is 2.07. The van der Waals surface area contributed by atoms with Crippen LogP contribution >= 0.6 is 0 Å². The molecule has 0 saturated heterocycles. The monoisotopic (exact) mass is 242 g/mol. The van der Waals surface area contributed by atoms with Crippen LogP contribution in [-0.2, 0) is 26.1 Å². The summed E-state index contributed by atoms with van der Waals surface area (Å²) in [5.41, 5.74) is -0.529. The average Bonchev–Trinajstić information content (AvgIpc) is 2.00. The molecule has 0 aliphatic rings. The number of carbonyl (C=O) groups excluding carboxylic acids is 2. The van der Waals surface area contributed by atoms with E-state index in [4.69, 9.17) is 0 Å². The molecule has 0 aromatic heterocycles. The third-order valence-electron chi connectivity index (χ3n) is 2.07. The number of hydrogen-bond acceptors (Lipinski definition) is 2. The summed E-state index contributed by atoms with van der Waals surface area (Å²) >= 11 is 0. The fourth-order valence-corrected chi connectivity index (χ4v) is 1.16. The first kappa shape index (κ1) is 16.3. The van der Waals surface area contributed by atoms with Crippen molar-refractivity contribution in [3.8, 4) is 0 Å². The van der Waals surface area contributed by atoms with Crippen molar-refractivity contribution in [2.75, 3.05) is 0 Å². The van der Waals surface area contributed by atoms with Crippen molar-refractivity contribution in [1.29, 1.82) is 0 Å². The first-order chi connectivity index (χ1) is 5.80. The average molecular weight is 243 g/mol. The molecule has 86 valence electrons. The molecular formula is C11H20NiO2. The minimum atomic E-state index is -0.529. The van der Waals surface area contributed by atoms with E-state index in [1.165, 1.54) is 0 Å². The molecule has 0 fully saturated rings. The molecule has 0 aromatic carbocycles. The zero-order chi connectivity index (χ0) is 10.6. The van der Waals surface area contributed by atoms with Gasteiger partial charge in [0.1, 0.15) is 0 Å². The van der Waals surface area contributed by atoms with Crippen molar-refractivity contribution in [1.82, 2.24) is 0 Å². The summed E-state index contributed by atoms with van der Waals surface area (Å²) in [7, 11) is 0. The van der Waals surface area contributed by atoms with Crippen molar-refractivity contribution in [3.63, 3.8) is 0 Å². The second-order valence-corrected chi connectivity index (χ2v) is 4.63. The Bertz CT molecular complexity index is 204. The minimum Gasteiger partial charge on any atom is -0.291 e. The van der Waals surface area contributed by atoms with Crippen LogP contribution in [0.3, 0.4) is 0 Å². The van der Waals surface area contributed by atoms with Gasteiger partial charge in [-0.25, -0.2) is 0 Å². The molecule has 2 nitrogen and oxygen atoms in total. The van der Waals surface area contributed by atoms with Gasteiger partial charge in [-0.3, -0.25) is 9.59 Å². The Balaban J connectivity index is 0. The second kappa shape index (κ2) is 6.34. The van der Waals surface area contributed by atoms with E-state index in [1.54, 1.807) is 20.8 Å². The summed E-state index contributed by atoms with van der Waals surface area (Å²) in [6.45, 7) is 9.20. The number of hydrogen-bond donors (Lipinski definition) is 0. The van der Waals surface area contributed by atoms with E-state index in [2.05, 4.69) is 0 Å². The Morgan fingerprint density at radius 1 is 1.21 bits per heavy atom. The molecule has 0 amide bonds. The molecule has 0 bridgehead atoms. The standard InChI is InChI=1S/C11H20O2.Ni/c1-6-7-8(2)9(12)10(13)11(3,4)5;/h8H,6-7H2,1-5H3;. The summed E-state index contributed by atoms with van der Waals surface area (Å²) in [4.78, 5) is 23.1. The molecule has 0 aromatic rings. The normalized spacial score (nSPS) is 12.9. The molecule has 0 rings (SSSR count). The van der Waals surface area contributed by atoms with Gasteiger partial charge in [0.05, 0.1) is 0 Å². The van der Waals surface area contributed by atoms with E-state index in [1.807, 2.05) is 13.8 Å². The molecule has 0 saturated carbocycles. The van der Waals surface area contributed by atoms with Gasteiger partial charge in [-0.15, -0.1) is 0 Å². The van der Waals surface area contributed by atoms with E-state index in [9.17, 15) is 9.59 Å². The molecule has 0 aliphatic heterocycles. The molecule has 0 radical (unpaired) electrons. The predicted octanol–water partition coefficient (Wildman–Crippen LogP) is 2.60. The minimum absolute atomic E-state index is 0. The Hall–Kier alpha value is -0.166. The van der Waals surface area contributed by atoms with Gasteiger partial charge < -0.3 is 0 Å². The summed E-state index contributed by atoms with van der Waals surface area (Å²) in [5.74, 6) is -0.570. The topological polar surface area (TPSA) is 34.1 Å². The van der Waals surface area contributed by atoms with E-state index in [-0.39, 0.29) is 34.0 Å². The van der Waals surface area contributed by atoms with Gasteiger partial charge in [0.15, 0.2) is 0 Å². The van der Waals surface area contributed by atoms with Crippen molar-refractivity contribution in [3.05, 3.63) is 0 Å². The first-order valence-electron chi connectivity index (χ1n) is 4.89. The van der Waals surface area contributed by atoms with Gasteiger partial charge in [-0.05, 0) is 6.42 Å². The maximum absolute atomic E-state index is 11.5. The van der Waals surface area contributed by atoms with Crippen molar-refractivity contribution in [2.24, 2.45) is 11.3 Å². The Labute approximate surface area is 96.8 Å². The van der Waals surface area contributed by atoms with Gasteiger partial charge >= 0.3 is 0 Å². The molecule has 0 spiro atoms. The van der Waals surface area contributed by atoms with Crippen LogP contribution in [0.15, 0.2) is 0 Å². The Morgan fingerprint density at radius 2 is 1.64 bits per heavy atom. The molecule has 0 aliphatic carbocycles. The summed E-state index contributed by atoms with van der Waals surface area (Å²) in [6, 6.07) is 0. The van der Waals surface area contributed by atoms with Gasteiger partial charge in [0.25, 0.3) is 0 Å². The van der Waals surface area contributed by atoms with Crippen LogP contribution in [0.2, 0.25) is 0 Å². The fraction of sp³-hybridized carbons (Fsp3) is 0.818. The maximum atomic E-state index is 11.5. The fourth-order valence-electron chi connectivity index (χ4n) is 1.16. The van der Waals surface area contributed by atoms with Crippen molar-refractivity contribution >= 4 is 11.6 Å². The molecule has 0 heterocycles. The third kappa shape index (κ3) is 4.90. The van der Waals surface area contributed by atoms with Crippen LogP contribution in [0.5, 0.6) is 0 Å². The van der Waals surface area contributed by atoms with Crippen LogP contribution in [0.4, 0.5) is 0 Å². The molecule has 1 unspecified atom stereocenters. The zero-order valence-corrected chi connectivity index (χ0v) is 10.6. The van der Waals surface area contributed by atoms with Gasteiger partial charge in [0, 0.05) is 27.8 Å². The van der Waals surface area contributed by atoms with Gasteiger partial charge in [-0.1, -0.05) is 41.0 Å². The van der Waals surface area contributed by atoms with E-state index >= 15 is 0 Å².